The third-order valence-corrected chi connectivity index (χ3v) is 8.54. The highest BCUT2D eigenvalue weighted by Crippen LogP contribution is 2.21. The number of carbonyl (C=O) groups excluding carboxylic acids is 6. The van der Waals surface area contributed by atoms with Gasteiger partial charge < -0.3 is 52.0 Å². The van der Waals surface area contributed by atoms with E-state index in [9.17, 15) is 53.4 Å². The van der Waals surface area contributed by atoms with Gasteiger partial charge in [-0.25, -0.2) is 0 Å². The summed E-state index contributed by atoms with van der Waals surface area (Å²) in [6.07, 6.45) is -0.331. The van der Waals surface area contributed by atoms with Gasteiger partial charge in [-0.3, -0.25) is 38.4 Å². The molecule has 9 N–H and O–H groups in total. The number of amides is 5. The number of aryl methyl sites for hydroxylation is 1. The van der Waals surface area contributed by atoms with Crippen molar-refractivity contribution < 1.29 is 58.5 Å². The van der Waals surface area contributed by atoms with E-state index in [-0.39, 0.29) is 25.2 Å². The molecule has 1 rings (SSSR count). The van der Waals surface area contributed by atoms with Crippen LogP contribution in [0.5, 0.6) is 0 Å². The Kier molecular flexibility index (Phi) is 20.9. The minimum absolute atomic E-state index is 0.0730. The van der Waals surface area contributed by atoms with Crippen molar-refractivity contribution in [1.29, 1.82) is 0 Å². The van der Waals surface area contributed by atoms with E-state index in [1.54, 1.807) is 52.0 Å². The van der Waals surface area contributed by atoms with E-state index >= 15 is 0 Å². The maximum Gasteiger partial charge on any atom is 0.315 e. The van der Waals surface area contributed by atoms with Crippen molar-refractivity contribution in [3.05, 3.63) is 48.0 Å². The first kappa shape index (κ1) is 49.8. The number of hydrogen-bond donors (Lipinski definition) is 9. The molecule has 0 aliphatic carbocycles. The Bertz CT molecular complexity index is 1730. The molecule has 5 amide bonds. The van der Waals surface area contributed by atoms with E-state index < -0.39 is 115 Å². The summed E-state index contributed by atoms with van der Waals surface area (Å²) >= 11 is 0. The maximum absolute atomic E-state index is 14.2. The molecule has 0 spiro atoms. The lowest BCUT2D eigenvalue weighted by Gasteiger charge is -2.33. The summed E-state index contributed by atoms with van der Waals surface area (Å²) in [4.78, 5) is 114. The van der Waals surface area contributed by atoms with Crippen LogP contribution in [0.25, 0.3) is 0 Å². The fourth-order valence-corrected chi connectivity index (χ4v) is 5.48. The average Bonchev–Trinajstić information content (AvgIpc) is 3.12. The van der Waals surface area contributed by atoms with Gasteiger partial charge in [0.2, 0.25) is 29.5 Å². The van der Waals surface area contributed by atoms with E-state index in [1.807, 2.05) is 13.8 Å². The smallest absolute Gasteiger partial charge is 0.315 e. The summed E-state index contributed by atoms with van der Waals surface area (Å²) in [6, 6.07) is 1.25. The van der Waals surface area contributed by atoms with Crippen LogP contribution in [0.3, 0.4) is 0 Å². The lowest BCUT2D eigenvalue weighted by molar-refractivity contribution is -0.140. The lowest BCUT2D eigenvalue weighted by Crippen LogP contribution is -2.62. The number of carbonyl (C=O) groups is 9. The number of aldehydes is 1. The zero-order chi connectivity index (χ0) is 44.2. The van der Waals surface area contributed by atoms with Crippen LogP contribution in [0.15, 0.2) is 36.9 Å². The molecule has 18 nitrogen and oxygen atoms in total. The molecule has 0 aliphatic rings. The summed E-state index contributed by atoms with van der Waals surface area (Å²) in [5.74, 6) is -6.20. The van der Waals surface area contributed by atoms with Gasteiger partial charge in [-0.05, 0) is 48.6 Å². The fraction of sp³-hybridized carbons (Fsp3) is 0.525. The second-order valence-electron chi connectivity index (χ2n) is 15.1. The van der Waals surface area contributed by atoms with Crippen molar-refractivity contribution in [2.45, 2.75) is 123 Å². The first-order chi connectivity index (χ1) is 27.1. The molecule has 1 aromatic carbocycles. The standard InChI is InChI=1S/C40H56N6O12/c1-8-12-26(22-47)42-37(56)29(19-23(2)3)45-39(58)34(40(5,6)7)46-38(57)30(20-25-14-10-9-13-24(25)4)44-35(54)27(16-17-32(50)51)43-36(55)28(21-33(52)53)41-18-11-15-31(48)49/h8-10,13-14,22-23,26-30,34,41H,1,12,15-17,19-21H2,2-7H3,(H,42,56)(H,43,55)(H,44,54)(H,45,58)(H,46,57)(H,48,49)(H,50,51)(H,52,53)/t26?,27-,28-,29-,30-,34+/m0/s1. The van der Waals surface area contributed by atoms with Crippen molar-refractivity contribution in [2.75, 3.05) is 0 Å². The van der Waals surface area contributed by atoms with Crippen molar-refractivity contribution >= 4 is 53.7 Å². The van der Waals surface area contributed by atoms with E-state index in [2.05, 4.69) is 50.4 Å². The number of carboxylic acids is 3. The molecule has 318 valence electrons. The highest BCUT2D eigenvalue weighted by atomic mass is 16.4. The molecule has 0 radical (unpaired) electrons. The van der Waals surface area contributed by atoms with Crippen molar-refractivity contribution in [1.82, 2.24) is 31.9 Å². The second-order valence-corrected chi connectivity index (χ2v) is 15.1. The number of aliphatic carboxylic acids is 3. The van der Waals surface area contributed by atoms with Crippen molar-refractivity contribution in [3.63, 3.8) is 0 Å². The van der Waals surface area contributed by atoms with E-state index in [0.29, 0.717) is 11.8 Å². The molecular weight excluding hydrogens is 756 g/mol. The van der Waals surface area contributed by atoms with Crippen LogP contribution in [-0.4, -0.2) is 105 Å². The minimum atomic E-state index is -1.62. The van der Waals surface area contributed by atoms with Crippen LogP contribution in [-0.2, 0) is 49.6 Å². The van der Waals surface area contributed by atoms with Gasteiger partial charge in [-0.15, -0.1) is 6.58 Å². The molecular formula is C40H56N6O12. The summed E-state index contributed by atoms with van der Waals surface area (Å²) in [7, 11) is 0. The normalized spacial score (nSPS) is 14.0. The van der Waals surface area contributed by atoms with E-state index in [1.165, 1.54) is 6.08 Å². The van der Waals surface area contributed by atoms with Crippen LogP contribution in [0.2, 0.25) is 0 Å². The zero-order valence-electron chi connectivity index (χ0n) is 33.7. The monoisotopic (exact) mass is 812 g/mol. The molecule has 0 aliphatic heterocycles. The first-order valence-electron chi connectivity index (χ1n) is 18.6. The SMILES string of the molecule is C=CCC(C=O)NC(=O)[C@H](CC(C)C)NC(=O)[C@@H](NC(=O)[C@H](Cc1ccccc1C)NC(=O)[C@H](CCC(=O)O)NC(=O)[C@H](CC(=O)O)NC#CCC(=O)O)C(C)(C)C. The number of rotatable bonds is 24. The van der Waals surface area contributed by atoms with Gasteiger partial charge in [-0.1, -0.05) is 70.9 Å². The quantitative estimate of drug-likeness (QED) is 0.0299. The highest BCUT2D eigenvalue weighted by Gasteiger charge is 2.38. The van der Waals surface area contributed by atoms with Gasteiger partial charge in [0, 0.05) is 18.9 Å². The van der Waals surface area contributed by atoms with Crippen LogP contribution in [0.4, 0.5) is 0 Å². The molecule has 18 heteroatoms. The lowest BCUT2D eigenvalue weighted by atomic mass is 9.85. The maximum atomic E-state index is 14.2. The molecule has 0 saturated heterocycles. The third-order valence-electron chi connectivity index (χ3n) is 8.54. The zero-order valence-corrected chi connectivity index (χ0v) is 33.7. The van der Waals surface area contributed by atoms with E-state index in [4.69, 9.17) is 5.11 Å². The number of nitrogens with one attached hydrogen (secondary N) is 6. The van der Waals surface area contributed by atoms with Crippen LogP contribution < -0.4 is 31.9 Å². The fourth-order valence-electron chi connectivity index (χ4n) is 5.48. The highest BCUT2D eigenvalue weighted by molar-refractivity contribution is 5.97. The Morgan fingerprint density at radius 3 is 1.86 bits per heavy atom. The van der Waals surface area contributed by atoms with Gasteiger partial charge in [0.1, 0.15) is 42.9 Å². The molecule has 0 aromatic heterocycles. The van der Waals surface area contributed by atoms with Crippen molar-refractivity contribution in [2.24, 2.45) is 11.3 Å². The second kappa shape index (κ2) is 24.4. The summed E-state index contributed by atoms with van der Waals surface area (Å²) in [5.41, 5.74) is 0.394. The van der Waals surface area contributed by atoms with E-state index in [0.717, 1.165) is 5.56 Å². The Morgan fingerprint density at radius 2 is 1.33 bits per heavy atom. The Labute approximate surface area is 337 Å². The Morgan fingerprint density at radius 1 is 0.759 bits per heavy atom. The van der Waals surface area contributed by atoms with Gasteiger partial charge in [0.15, 0.2) is 0 Å². The summed E-state index contributed by atoms with van der Waals surface area (Å²) < 4.78 is 0. The first-order valence-corrected chi connectivity index (χ1v) is 18.6. The molecule has 0 fully saturated rings. The molecule has 58 heavy (non-hydrogen) atoms. The summed E-state index contributed by atoms with van der Waals surface area (Å²) in [5, 5.41) is 42.7. The number of hydrogen-bond acceptors (Lipinski definition) is 10. The third kappa shape index (κ3) is 18.6. The summed E-state index contributed by atoms with van der Waals surface area (Å²) in [6.45, 7) is 14.0. The molecule has 1 aromatic rings. The molecule has 0 saturated carbocycles. The van der Waals surface area contributed by atoms with Crippen LogP contribution in [0.1, 0.15) is 84.3 Å². The minimum Gasteiger partial charge on any atom is -0.481 e. The topological polar surface area (TPSA) is 286 Å². The largest absolute Gasteiger partial charge is 0.481 e. The number of carboxylic acid groups (broad SMARTS) is 3. The molecule has 1 unspecified atom stereocenters. The van der Waals surface area contributed by atoms with Gasteiger partial charge in [0.25, 0.3) is 0 Å². The van der Waals surface area contributed by atoms with Crippen LogP contribution in [0, 0.1) is 30.2 Å². The molecule has 0 heterocycles. The Balaban J connectivity index is 3.55. The average molecular weight is 813 g/mol. The molecule has 0 bridgehead atoms. The Hall–Kier alpha value is -6.25. The van der Waals surface area contributed by atoms with Crippen LogP contribution >= 0.6 is 0 Å². The van der Waals surface area contributed by atoms with Gasteiger partial charge in [-0.2, -0.15) is 0 Å². The van der Waals surface area contributed by atoms with Gasteiger partial charge in [0.05, 0.1) is 12.5 Å². The predicted molar refractivity (Wildman–Crippen MR) is 210 cm³/mol. The predicted octanol–water partition coefficient (Wildman–Crippen LogP) is 0.562. The molecule has 6 atom stereocenters. The number of benzene rings is 1. The van der Waals surface area contributed by atoms with Crippen molar-refractivity contribution in [3.8, 4) is 12.0 Å². The van der Waals surface area contributed by atoms with Gasteiger partial charge >= 0.3 is 17.9 Å².